The van der Waals surface area contributed by atoms with Gasteiger partial charge in [0.1, 0.15) is 4.99 Å². The van der Waals surface area contributed by atoms with Gasteiger partial charge in [0.05, 0.1) is 0 Å². The van der Waals surface area contributed by atoms with E-state index in [2.05, 4.69) is 23.1 Å². The zero-order valence-corrected chi connectivity index (χ0v) is 12.0. The molecule has 2 aromatic rings. The van der Waals surface area contributed by atoms with Gasteiger partial charge in [0.15, 0.2) is 0 Å². The molecule has 2 N–H and O–H groups in total. The van der Waals surface area contributed by atoms with Gasteiger partial charge >= 0.3 is 0 Å². The van der Waals surface area contributed by atoms with Crippen LogP contribution < -0.4 is 10.6 Å². The number of nitrogens with two attached hydrogens (primary N) is 1. The van der Waals surface area contributed by atoms with Crippen LogP contribution in [-0.2, 0) is 13.5 Å². The molecule has 100 valence electrons. The number of nitrogens with zero attached hydrogens (tertiary/aromatic N) is 3. The lowest BCUT2D eigenvalue weighted by Crippen LogP contribution is -2.21. The summed E-state index contributed by atoms with van der Waals surface area (Å²) in [5.74, 6) is 0. The quantitative estimate of drug-likeness (QED) is 0.844. The topological polar surface area (TPSA) is 47.1 Å². The van der Waals surface area contributed by atoms with Crippen LogP contribution in [0.15, 0.2) is 36.5 Å². The third-order valence-corrected chi connectivity index (χ3v) is 3.43. The van der Waals surface area contributed by atoms with E-state index in [9.17, 15) is 0 Å². The highest BCUT2D eigenvalue weighted by atomic mass is 32.1. The van der Waals surface area contributed by atoms with Crippen molar-refractivity contribution in [3.63, 3.8) is 0 Å². The van der Waals surface area contributed by atoms with Crippen molar-refractivity contribution in [1.82, 2.24) is 9.78 Å². The number of benzene rings is 1. The first-order chi connectivity index (χ1) is 9.08. The Morgan fingerprint density at radius 2 is 2.21 bits per heavy atom. The summed E-state index contributed by atoms with van der Waals surface area (Å²) in [6, 6.07) is 10.0. The average molecular weight is 274 g/mol. The highest BCUT2D eigenvalue weighted by Crippen LogP contribution is 2.15. The molecular formula is C14H18N4S. The van der Waals surface area contributed by atoms with E-state index in [-0.39, 0.29) is 0 Å². The summed E-state index contributed by atoms with van der Waals surface area (Å²) in [4.78, 5) is 2.62. The van der Waals surface area contributed by atoms with Gasteiger partial charge in [-0.15, -0.1) is 0 Å². The summed E-state index contributed by atoms with van der Waals surface area (Å²) in [7, 11) is 4.03. The van der Waals surface area contributed by atoms with Crippen LogP contribution in [0.3, 0.4) is 0 Å². The third kappa shape index (κ3) is 3.32. The molecule has 1 aromatic heterocycles. The molecule has 0 bridgehead atoms. The minimum atomic E-state index is 0.432. The molecule has 1 aromatic carbocycles. The second-order valence-electron chi connectivity index (χ2n) is 4.53. The fourth-order valence-corrected chi connectivity index (χ4v) is 2.08. The number of thiocarbonyl (C=S) groups is 1. The first-order valence-corrected chi connectivity index (χ1v) is 6.56. The Labute approximate surface area is 118 Å². The van der Waals surface area contributed by atoms with E-state index in [1.165, 1.54) is 5.69 Å². The summed E-state index contributed by atoms with van der Waals surface area (Å²) in [6.07, 6.45) is 2.77. The number of aromatic nitrogens is 2. The molecule has 19 heavy (non-hydrogen) atoms. The van der Waals surface area contributed by atoms with Crippen molar-refractivity contribution in [2.75, 3.05) is 18.5 Å². The molecule has 0 saturated heterocycles. The molecule has 0 radical (unpaired) electrons. The van der Waals surface area contributed by atoms with Gasteiger partial charge in [-0.3, -0.25) is 4.68 Å². The fourth-order valence-electron chi connectivity index (χ4n) is 1.95. The number of hydrogen-bond acceptors (Lipinski definition) is 3. The first kappa shape index (κ1) is 13.5. The molecule has 0 atom stereocenters. The van der Waals surface area contributed by atoms with Gasteiger partial charge in [-0.1, -0.05) is 24.4 Å². The molecule has 0 aliphatic heterocycles. The van der Waals surface area contributed by atoms with Crippen molar-refractivity contribution >= 4 is 22.9 Å². The molecule has 2 rings (SSSR count). The van der Waals surface area contributed by atoms with Crippen LogP contribution in [-0.4, -0.2) is 28.4 Å². The smallest absolute Gasteiger partial charge is 0.104 e. The Bertz CT molecular complexity index is 576. The van der Waals surface area contributed by atoms with E-state index >= 15 is 0 Å². The Morgan fingerprint density at radius 3 is 2.84 bits per heavy atom. The minimum absolute atomic E-state index is 0.432. The van der Waals surface area contributed by atoms with Crippen molar-refractivity contribution in [2.45, 2.75) is 6.42 Å². The maximum atomic E-state index is 5.66. The standard InChI is InChI=1S/C14H18N4S/c1-17(9-7-12-6-8-16-18(12)2)13-5-3-4-11(10-13)14(15)19/h3-6,8,10H,7,9H2,1-2H3,(H2,15,19). The van der Waals surface area contributed by atoms with Crippen molar-refractivity contribution < 1.29 is 0 Å². The van der Waals surface area contributed by atoms with Gasteiger partial charge in [-0.2, -0.15) is 5.10 Å². The normalized spacial score (nSPS) is 10.4. The zero-order valence-electron chi connectivity index (χ0n) is 11.2. The van der Waals surface area contributed by atoms with Crippen LogP contribution in [0.2, 0.25) is 0 Å². The van der Waals surface area contributed by atoms with E-state index in [0.717, 1.165) is 24.2 Å². The van der Waals surface area contributed by atoms with Gasteiger partial charge in [0, 0.05) is 50.2 Å². The van der Waals surface area contributed by atoms with Crippen LogP contribution in [0.5, 0.6) is 0 Å². The number of likely N-dealkylation sites (N-methyl/N-ethyl adjacent to an activating group) is 1. The van der Waals surface area contributed by atoms with Crippen molar-refractivity contribution in [1.29, 1.82) is 0 Å². The molecule has 0 amide bonds. The lowest BCUT2D eigenvalue weighted by Gasteiger charge is -2.20. The predicted octanol–water partition coefficient (Wildman–Crippen LogP) is 1.73. The molecule has 0 saturated carbocycles. The lowest BCUT2D eigenvalue weighted by molar-refractivity contribution is 0.699. The molecule has 0 aliphatic rings. The van der Waals surface area contributed by atoms with Crippen molar-refractivity contribution in [3.8, 4) is 0 Å². The molecule has 5 heteroatoms. The number of rotatable bonds is 5. The monoisotopic (exact) mass is 274 g/mol. The minimum Gasteiger partial charge on any atom is -0.389 e. The van der Waals surface area contributed by atoms with Gasteiger partial charge in [-0.05, 0) is 18.2 Å². The van der Waals surface area contributed by atoms with Gasteiger partial charge in [0.2, 0.25) is 0 Å². The second kappa shape index (κ2) is 5.84. The third-order valence-electron chi connectivity index (χ3n) is 3.20. The molecule has 0 aliphatic carbocycles. The van der Waals surface area contributed by atoms with Gasteiger partial charge < -0.3 is 10.6 Å². The van der Waals surface area contributed by atoms with Gasteiger partial charge in [0.25, 0.3) is 0 Å². The zero-order chi connectivity index (χ0) is 13.8. The van der Waals surface area contributed by atoms with E-state index in [1.54, 1.807) is 0 Å². The average Bonchev–Trinajstić information content (AvgIpc) is 2.81. The van der Waals surface area contributed by atoms with Gasteiger partial charge in [-0.25, -0.2) is 0 Å². The number of anilines is 1. The summed E-state index contributed by atoms with van der Waals surface area (Å²) < 4.78 is 1.90. The fraction of sp³-hybridized carbons (Fsp3) is 0.286. The number of hydrogen-bond donors (Lipinski definition) is 1. The summed E-state index contributed by atoms with van der Waals surface area (Å²) in [6.45, 7) is 0.917. The maximum absolute atomic E-state index is 5.66. The van der Waals surface area contributed by atoms with Crippen LogP contribution in [0.1, 0.15) is 11.3 Å². The summed E-state index contributed by atoms with van der Waals surface area (Å²) >= 11 is 5.00. The van der Waals surface area contributed by atoms with E-state index in [4.69, 9.17) is 18.0 Å². The molecule has 0 spiro atoms. The Morgan fingerprint density at radius 1 is 1.42 bits per heavy atom. The highest BCUT2D eigenvalue weighted by molar-refractivity contribution is 7.80. The van der Waals surface area contributed by atoms with E-state index in [1.807, 2.05) is 42.2 Å². The van der Waals surface area contributed by atoms with Crippen LogP contribution in [0.25, 0.3) is 0 Å². The molecule has 0 unspecified atom stereocenters. The van der Waals surface area contributed by atoms with Crippen molar-refractivity contribution in [3.05, 3.63) is 47.8 Å². The molecule has 4 nitrogen and oxygen atoms in total. The Hall–Kier alpha value is -1.88. The SMILES string of the molecule is CN(CCc1ccnn1C)c1cccc(C(N)=S)c1. The summed E-state index contributed by atoms with van der Waals surface area (Å²) in [5, 5.41) is 4.17. The predicted molar refractivity (Wildman–Crippen MR) is 82.5 cm³/mol. The largest absolute Gasteiger partial charge is 0.389 e. The lowest BCUT2D eigenvalue weighted by atomic mass is 10.2. The van der Waals surface area contributed by atoms with E-state index in [0.29, 0.717) is 4.99 Å². The maximum Gasteiger partial charge on any atom is 0.104 e. The van der Waals surface area contributed by atoms with E-state index < -0.39 is 0 Å². The Balaban J connectivity index is 2.03. The van der Waals surface area contributed by atoms with Crippen molar-refractivity contribution in [2.24, 2.45) is 12.8 Å². The van der Waals surface area contributed by atoms with Crippen LogP contribution in [0.4, 0.5) is 5.69 Å². The second-order valence-corrected chi connectivity index (χ2v) is 4.97. The molecule has 1 heterocycles. The molecule has 0 fully saturated rings. The number of aryl methyl sites for hydroxylation is 1. The van der Waals surface area contributed by atoms with Crippen LogP contribution >= 0.6 is 12.2 Å². The highest BCUT2D eigenvalue weighted by Gasteiger charge is 2.05. The first-order valence-electron chi connectivity index (χ1n) is 6.16. The molecular weight excluding hydrogens is 256 g/mol. The Kier molecular flexibility index (Phi) is 4.16. The van der Waals surface area contributed by atoms with Crippen LogP contribution in [0, 0.1) is 0 Å². The summed E-state index contributed by atoms with van der Waals surface area (Å²) in [5.41, 5.74) is 8.90.